The zero-order valence-electron chi connectivity index (χ0n) is 18.5. The Hall–Kier alpha value is -2.88. The minimum atomic E-state index is -0.357. The molecule has 2 unspecified atom stereocenters. The molecule has 0 radical (unpaired) electrons. The number of fused-ring (bicyclic) bond motifs is 1. The summed E-state index contributed by atoms with van der Waals surface area (Å²) in [6, 6.07) is 32.8. The monoisotopic (exact) mass is 422 g/mol. The molecule has 1 aromatic heterocycles. The van der Waals surface area contributed by atoms with Crippen molar-refractivity contribution in [2.45, 2.75) is 36.8 Å². The molecule has 162 valence electrons. The van der Waals surface area contributed by atoms with E-state index in [1.54, 1.807) is 0 Å². The second-order valence-electron chi connectivity index (χ2n) is 9.22. The number of hydrogen-bond donors (Lipinski definition) is 1. The van der Waals surface area contributed by atoms with Gasteiger partial charge in [-0.25, -0.2) is 0 Å². The van der Waals surface area contributed by atoms with Crippen molar-refractivity contribution in [1.29, 1.82) is 0 Å². The molecule has 1 N–H and O–H groups in total. The smallest absolute Gasteiger partial charge is 0.134 e. The van der Waals surface area contributed by atoms with Crippen molar-refractivity contribution in [1.82, 2.24) is 10.2 Å². The SMILES string of the molecule is c1ccc(C2(c3cc4ccccc4o3)CCNC2(c2ccccc2)N2CCCCC2)cc1. The standard InChI is InChI=1S/C29H30N2O/c1-4-13-24(14-5-1)28(27-22-23-12-8-9-17-26(23)32-27)18-19-30-29(28,25-15-6-2-7-16-25)31-20-10-3-11-21-31/h1-2,4-9,12-17,22,30H,3,10-11,18-21H2. The molecule has 0 aliphatic carbocycles. The second-order valence-corrected chi connectivity index (χ2v) is 9.22. The third-order valence-electron chi connectivity index (χ3n) is 7.63. The van der Waals surface area contributed by atoms with Crippen LogP contribution in [0.25, 0.3) is 11.0 Å². The molecule has 2 aliphatic heterocycles. The maximum absolute atomic E-state index is 6.71. The largest absolute Gasteiger partial charge is 0.460 e. The Balaban J connectivity index is 1.68. The lowest BCUT2D eigenvalue weighted by Crippen LogP contribution is -2.64. The Morgan fingerprint density at radius 1 is 0.719 bits per heavy atom. The van der Waals surface area contributed by atoms with Crippen LogP contribution in [-0.2, 0) is 11.1 Å². The van der Waals surface area contributed by atoms with Crippen LogP contribution in [0.3, 0.4) is 0 Å². The van der Waals surface area contributed by atoms with E-state index >= 15 is 0 Å². The zero-order valence-corrected chi connectivity index (χ0v) is 18.5. The number of likely N-dealkylation sites (tertiary alicyclic amines) is 1. The highest BCUT2D eigenvalue weighted by atomic mass is 16.3. The van der Waals surface area contributed by atoms with Gasteiger partial charge < -0.3 is 4.42 Å². The third kappa shape index (κ3) is 2.81. The van der Waals surface area contributed by atoms with Gasteiger partial charge >= 0.3 is 0 Å². The fourth-order valence-corrected chi connectivity index (χ4v) is 6.30. The van der Waals surface area contributed by atoms with Crippen LogP contribution in [0.4, 0.5) is 0 Å². The van der Waals surface area contributed by atoms with Gasteiger partial charge in [0.2, 0.25) is 0 Å². The molecule has 2 aliphatic rings. The minimum absolute atomic E-state index is 0.327. The maximum Gasteiger partial charge on any atom is 0.134 e. The fourth-order valence-electron chi connectivity index (χ4n) is 6.30. The van der Waals surface area contributed by atoms with Gasteiger partial charge in [0.1, 0.15) is 17.0 Å². The Morgan fingerprint density at radius 3 is 2.09 bits per heavy atom. The summed E-state index contributed by atoms with van der Waals surface area (Å²) in [5.41, 5.74) is 2.92. The number of nitrogens with one attached hydrogen (secondary N) is 1. The Morgan fingerprint density at radius 2 is 1.38 bits per heavy atom. The summed E-state index contributed by atoms with van der Waals surface area (Å²) >= 11 is 0. The third-order valence-corrected chi connectivity index (χ3v) is 7.63. The van der Waals surface area contributed by atoms with E-state index in [-0.39, 0.29) is 11.1 Å². The summed E-state index contributed by atoms with van der Waals surface area (Å²) in [6.07, 6.45) is 4.77. The molecule has 4 aromatic rings. The van der Waals surface area contributed by atoms with Gasteiger partial charge in [0.15, 0.2) is 0 Å². The number of para-hydroxylation sites is 1. The van der Waals surface area contributed by atoms with E-state index in [0.717, 1.165) is 37.4 Å². The van der Waals surface area contributed by atoms with E-state index in [0.29, 0.717) is 0 Å². The highest BCUT2D eigenvalue weighted by Crippen LogP contribution is 2.56. The van der Waals surface area contributed by atoms with Crippen molar-refractivity contribution in [2.24, 2.45) is 0 Å². The molecule has 3 heteroatoms. The lowest BCUT2D eigenvalue weighted by atomic mass is 9.64. The van der Waals surface area contributed by atoms with Crippen LogP contribution in [-0.4, -0.2) is 24.5 Å². The van der Waals surface area contributed by atoms with Gasteiger partial charge in [0, 0.05) is 18.5 Å². The van der Waals surface area contributed by atoms with Gasteiger partial charge in [0.25, 0.3) is 0 Å². The molecule has 32 heavy (non-hydrogen) atoms. The molecule has 2 atom stereocenters. The number of furan rings is 1. The lowest BCUT2D eigenvalue weighted by Gasteiger charge is -2.53. The first-order chi connectivity index (χ1) is 15.8. The zero-order chi connectivity index (χ0) is 21.4. The number of benzene rings is 3. The molecule has 0 amide bonds. The highest BCUT2D eigenvalue weighted by molar-refractivity contribution is 5.78. The van der Waals surface area contributed by atoms with Crippen molar-refractivity contribution < 1.29 is 4.42 Å². The van der Waals surface area contributed by atoms with Crippen molar-refractivity contribution in [3.8, 4) is 0 Å². The lowest BCUT2D eigenvalue weighted by molar-refractivity contribution is 0.000671. The van der Waals surface area contributed by atoms with Gasteiger partial charge in [-0.15, -0.1) is 0 Å². The summed E-state index contributed by atoms with van der Waals surface area (Å²) in [7, 11) is 0. The van der Waals surface area contributed by atoms with Gasteiger partial charge in [-0.1, -0.05) is 85.3 Å². The average molecular weight is 423 g/mol. The van der Waals surface area contributed by atoms with E-state index in [9.17, 15) is 0 Å². The number of piperidine rings is 1. The van der Waals surface area contributed by atoms with Crippen molar-refractivity contribution >= 4 is 11.0 Å². The van der Waals surface area contributed by atoms with Crippen molar-refractivity contribution in [3.63, 3.8) is 0 Å². The molecule has 3 nitrogen and oxygen atoms in total. The second kappa shape index (κ2) is 7.91. The maximum atomic E-state index is 6.71. The number of nitrogens with zero attached hydrogens (tertiary/aromatic N) is 1. The molecular weight excluding hydrogens is 392 g/mol. The highest BCUT2D eigenvalue weighted by Gasteiger charge is 2.62. The Bertz CT molecular complexity index is 1160. The van der Waals surface area contributed by atoms with Crippen LogP contribution >= 0.6 is 0 Å². The van der Waals surface area contributed by atoms with Gasteiger partial charge in [-0.05, 0) is 49.1 Å². The predicted molar refractivity (Wildman–Crippen MR) is 130 cm³/mol. The Kier molecular flexibility index (Phi) is 4.89. The molecule has 0 spiro atoms. The first-order valence-corrected chi connectivity index (χ1v) is 11.9. The summed E-state index contributed by atoms with van der Waals surface area (Å²) in [6.45, 7) is 3.13. The minimum Gasteiger partial charge on any atom is -0.460 e. The predicted octanol–water partition coefficient (Wildman–Crippen LogP) is 6.05. The van der Waals surface area contributed by atoms with Gasteiger partial charge in [-0.3, -0.25) is 10.2 Å². The number of hydrogen-bond acceptors (Lipinski definition) is 3. The quantitative estimate of drug-likeness (QED) is 0.434. The van der Waals surface area contributed by atoms with E-state index < -0.39 is 0 Å². The molecule has 2 fully saturated rings. The molecule has 6 rings (SSSR count). The van der Waals surface area contributed by atoms with Crippen LogP contribution in [0, 0.1) is 0 Å². The molecule has 3 heterocycles. The molecule has 2 saturated heterocycles. The molecule has 0 bridgehead atoms. The summed E-state index contributed by atoms with van der Waals surface area (Å²) in [5, 5.41) is 5.23. The van der Waals surface area contributed by atoms with E-state index in [1.807, 2.05) is 0 Å². The first-order valence-electron chi connectivity index (χ1n) is 11.9. The molecule has 0 saturated carbocycles. The summed E-state index contributed by atoms with van der Waals surface area (Å²) in [5.74, 6) is 1.06. The van der Waals surface area contributed by atoms with Crippen LogP contribution < -0.4 is 5.32 Å². The molecule has 3 aromatic carbocycles. The van der Waals surface area contributed by atoms with E-state index in [1.165, 1.54) is 35.8 Å². The number of rotatable bonds is 4. The van der Waals surface area contributed by atoms with Gasteiger partial charge in [0.05, 0.1) is 5.41 Å². The van der Waals surface area contributed by atoms with Crippen LogP contribution in [0.1, 0.15) is 42.6 Å². The van der Waals surface area contributed by atoms with E-state index in [4.69, 9.17) is 4.42 Å². The van der Waals surface area contributed by atoms with Gasteiger partial charge in [-0.2, -0.15) is 0 Å². The van der Waals surface area contributed by atoms with Crippen LogP contribution in [0.2, 0.25) is 0 Å². The normalized spacial score (nSPS) is 26.5. The first kappa shape index (κ1) is 19.8. The van der Waals surface area contributed by atoms with Crippen molar-refractivity contribution in [2.75, 3.05) is 19.6 Å². The fraction of sp³-hybridized carbons (Fsp3) is 0.310. The van der Waals surface area contributed by atoms with Crippen LogP contribution in [0.15, 0.2) is 95.4 Å². The topological polar surface area (TPSA) is 28.4 Å². The summed E-state index contributed by atoms with van der Waals surface area (Å²) in [4.78, 5) is 2.71. The summed E-state index contributed by atoms with van der Waals surface area (Å²) < 4.78 is 6.71. The average Bonchev–Trinajstić information content (AvgIpc) is 3.49. The van der Waals surface area contributed by atoms with Crippen LogP contribution in [0.5, 0.6) is 0 Å². The van der Waals surface area contributed by atoms with Crippen molar-refractivity contribution in [3.05, 3.63) is 108 Å². The van der Waals surface area contributed by atoms with E-state index in [2.05, 4.69) is 101 Å². The Labute approximate surface area is 190 Å². The molecular formula is C29H30N2O.